The number of furan rings is 1. The number of rotatable bonds is 7. The second-order valence-electron chi connectivity index (χ2n) is 5.69. The van der Waals surface area contributed by atoms with Gasteiger partial charge in [0.2, 0.25) is 10.0 Å². The number of halogens is 3. The molecule has 0 bridgehead atoms. The highest BCUT2D eigenvalue weighted by Crippen LogP contribution is 2.31. The molecule has 3 rings (SSSR count). The Morgan fingerprint density at radius 1 is 1.14 bits per heavy atom. The molecule has 0 aliphatic carbocycles. The number of aliphatic hydroxyl groups is 1. The van der Waals surface area contributed by atoms with Gasteiger partial charge in [-0.1, -0.05) is 0 Å². The first kappa shape index (κ1) is 20.4. The third-order valence-corrected chi connectivity index (χ3v) is 5.91. The maximum absolute atomic E-state index is 12.5. The molecule has 150 valence electrons. The van der Waals surface area contributed by atoms with Crippen molar-refractivity contribution in [2.24, 2.45) is 0 Å². The predicted octanol–water partition coefficient (Wildman–Crippen LogP) is 3.45. The summed E-state index contributed by atoms with van der Waals surface area (Å²) in [5.74, 6) is -0.403. The summed E-state index contributed by atoms with van der Waals surface area (Å²) in [6.45, 7) is -0.444. The van der Waals surface area contributed by atoms with E-state index in [4.69, 9.17) is 4.42 Å². The van der Waals surface area contributed by atoms with Crippen molar-refractivity contribution in [3.05, 3.63) is 70.8 Å². The lowest BCUT2D eigenvalue weighted by atomic mass is 9.94. The minimum Gasteiger partial charge on any atom is -0.466 e. The normalized spacial score (nSPS) is 14.6. The summed E-state index contributed by atoms with van der Waals surface area (Å²) >= 11 is 1.31. The molecule has 1 atom stereocenters. The number of sulfonamides is 1. The Balaban J connectivity index is 1.80. The Bertz CT molecular complexity index is 964. The van der Waals surface area contributed by atoms with Gasteiger partial charge in [-0.25, -0.2) is 13.1 Å². The fraction of sp³-hybridized carbons (Fsp3) is 0.176. The molecule has 0 spiro atoms. The lowest BCUT2D eigenvalue weighted by Crippen LogP contribution is -2.41. The van der Waals surface area contributed by atoms with Gasteiger partial charge in [0.15, 0.2) is 5.60 Å². The lowest BCUT2D eigenvalue weighted by molar-refractivity contribution is -0.274. The minimum absolute atomic E-state index is 0.141. The molecule has 0 fully saturated rings. The van der Waals surface area contributed by atoms with Crippen molar-refractivity contribution in [2.45, 2.75) is 16.9 Å². The largest absolute Gasteiger partial charge is 0.573 e. The second-order valence-corrected chi connectivity index (χ2v) is 8.24. The van der Waals surface area contributed by atoms with E-state index in [1.54, 1.807) is 22.9 Å². The Kier molecular flexibility index (Phi) is 5.53. The van der Waals surface area contributed by atoms with Gasteiger partial charge in [0.25, 0.3) is 0 Å². The molecule has 0 aliphatic rings. The molecule has 3 aromatic rings. The molecule has 0 amide bonds. The highest BCUT2D eigenvalue weighted by Gasteiger charge is 2.36. The third kappa shape index (κ3) is 4.55. The maximum atomic E-state index is 12.5. The van der Waals surface area contributed by atoms with Crippen molar-refractivity contribution in [3.63, 3.8) is 0 Å². The quantitative estimate of drug-likeness (QED) is 0.596. The molecule has 2 N–H and O–H groups in total. The Morgan fingerprint density at radius 2 is 1.86 bits per heavy atom. The molecule has 0 aliphatic heterocycles. The number of alkyl halides is 3. The molecule has 2 aromatic heterocycles. The Labute approximate surface area is 162 Å². The second kappa shape index (κ2) is 7.59. The van der Waals surface area contributed by atoms with E-state index in [9.17, 15) is 26.7 Å². The topological polar surface area (TPSA) is 88.8 Å². The first-order valence-electron chi connectivity index (χ1n) is 7.75. The van der Waals surface area contributed by atoms with Crippen LogP contribution in [0.2, 0.25) is 0 Å². The third-order valence-electron chi connectivity index (χ3n) is 3.81. The van der Waals surface area contributed by atoms with Gasteiger partial charge in [0.1, 0.15) is 11.5 Å². The summed E-state index contributed by atoms with van der Waals surface area (Å²) in [4.78, 5) is -0.283. The van der Waals surface area contributed by atoms with E-state index < -0.39 is 34.3 Å². The fourth-order valence-corrected chi connectivity index (χ4v) is 4.23. The van der Waals surface area contributed by atoms with Crippen molar-refractivity contribution in [1.82, 2.24) is 4.72 Å². The van der Waals surface area contributed by atoms with E-state index >= 15 is 0 Å². The van der Waals surface area contributed by atoms with Crippen LogP contribution in [0.5, 0.6) is 5.75 Å². The first-order chi connectivity index (χ1) is 13.1. The van der Waals surface area contributed by atoms with E-state index in [0.29, 0.717) is 5.56 Å². The van der Waals surface area contributed by atoms with Gasteiger partial charge < -0.3 is 14.3 Å². The number of hydrogen-bond donors (Lipinski definition) is 2. The van der Waals surface area contributed by atoms with E-state index in [0.717, 1.165) is 24.3 Å². The van der Waals surface area contributed by atoms with Gasteiger partial charge in [-0.3, -0.25) is 0 Å². The van der Waals surface area contributed by atoms with E-state index in [1.165, 1.54) is 23.7 Å². The van der Waals surface area contributed by atoms with Crippen LogP contribution in [-0.2, 0) is 15.6 Å². The molecule has 0 saturated carbocycles. The smallest absolute Gasteiger partial charge is 0.466 e. The van der Waals surface area contributed by atoms with E-state index in [-0.39, 0.29) is 10.7 Å². The molecule has 6 nitrogen and oxygen atoms in total. The van der Waals surface area contributed by atoms with Crippen LogP contribution < -0.4 is 9.46 Å². The summed E-state index contributed by atoms with van der Waals surface area (Å²) in [5, 5.41) is 14.4. The zero-order chi connectivity index (χ0) is 20.4. The standard InChI is InChI=1S/C17H14F3NO5S2/c18-17(19,20)26-13-3-5-14(6-4-13)28(23,24)21-11-16(22,12-7-9-27-10-12)15-2-1-8-25-15/h1-10,21-22H,11H2/t16-/m0/s1. The minimum atomic E-state index is -4.88. The number of benzene rings is 1. The van der Waals surface area contributed by atoms with Gasteiger partial charge in [-0.2, -0.15) is 11.3 Å². The zero-order valence-corrected chi connectivity index (χ0v) is 15.6. The van der Waals surface area contributed by atoms with E-state index in [2.05, 4.69) is 9.46 Å². The molecule has 2 heterocycles. The highest BCUT2D eigenvalue weighted by atomic mass is 32.2. The molecule has 0 saturated heterocycles. The van der Waals surface area contributed by atoms with Crippen molar-refractivity contribution in [2.75, 3.05) is 6.54 Å². The first-order valence-corrected chi connectivity index (χ1v) is 10.2. The maximum Gasteiger partial charge on any atom is 0.573 e. The predicted molar refractivity (Wildman–Crippen MR) is 94.3 cm³/mol. The van der Waals surface area contributed by atoms with Crippen molar-refractivity contribution < 1.29 is 35.8 Å². The summed E-state index contributed by atoms with van der Waals surface area (Å²) in [7, 11) is -4.12. The Hall–Kier alpha value is -2.34. The van der Waals surface area contributed by atoms with Crippen LogP contribution in [0.4, 0.5) is 13.2 Å². The van der Waals surface area contributed by atoms with Crippen molar-refractivity contribution in [3.8, 4) is 5.75 Å². The fourth-order valence-electron chi connectivity index (χ4n) is 2.45. The zero-order valence-electron chi connectivity index (χ0n) is 14.0. The summed E-state index contributed by atoms with van der Waals surface area (Å²) < 4.78 is 72.9. The van der Waals surface area contributed by atoms with Gasteiger partial charge in [0, 0.05) is 5.56 Å². The van der Waals surface area contributed by atoms with Gasteiger partial charge in [-0.15, -0.1) is 13.2 Å². The monoisotopic (exact) mass is 433 g/mol. The molecule has 28 heavy (non-hydrogen) atoms. The number of thiophene rings is 1. The number of hydrogen-bond acceptors (Lipinski definition) is 6. The van der Waals surface area contributed by atoms with Gasteiger partial charge in [-0.05, 0) is 53.2 Å². The van der Waals surface area contributed by atoms with Crippen LogP contribution in [0.1, 0.15) is 11.3 Å². The van der Waals surface area contributed by atoms with Gasteiger partial charge in [0.05, 0.1) is 17.7 Å². The van der Waals surface area contributed by atoms with Crippen LogP contribution in [0.25, 0.3) is 0 Å². The van der Waals surface area contributed by atoms with Crippen molar-refractivity contribution in [1.29, 1.82) is 0 Å². The molecular formula is C17H14F3NO5S2. The van der Waals surface area contributed by atoms with E-state index in [1.807, 2.05) is 0 Å². The SMILES string of the molecule is O=S(=O)(NC[C@](O)(c1ccsc1)c1ccco1)c1ccc(OC(F)(F)F)cc1. The molecular weight excluding hydrogens is 419 g/mol. The number of nitrogens with one attached hydrogen (secondary N) is 1. The molecule has 1 aromatic carbocycles. The van der Waals surface area contributed by atoms with Crippen LogP contribution >= 0.6 is 11.3 Å². The Morgan fingerprint density at radius 3 is 2.39 bits per heavy atom. The molecule has 0 radical (unpaired) electrons. The molecule has 11 heteroatoms. The van der Waals surface area contributed by atoms with Crippen LogP contribution in [0, 0.1) is 0 Å². The van der Waals surface area contributed by atoms with Crippen LogP contribution in [0.15, 0.2) is 68.8 Å². The highest BCUT2D eigenvalue weighted by molar-refractivity contribution is 7.89. The summed E-state index contributed by atoms with van der Waals surface area (Å²) in [6.07, 6.45) is -3.53. The number of ether oxygens (including phenoxy) is 1. The summed E-state index contributed by atoms with van der Waals surface area (Å²) in [5.41, 5.74) is -1.32. The lowest BCUT2D eigenvalue weighted by Gasteiger charge is -2.25. The van der Waals surface area contributed by atoms with Crippen LogP contribution in [0.3, 0.4) is 0 Å². The van der Waals surface area contributed by atoms with Gasteiger partial charge >= 0.3 is 6.36 Å². The van der Waals surface area contributed by atoms with Crippen LogP contribution in [-0.4, -0.2) is 26.4 Å². The average Bonchev–Trinajstić information content (AvgIpc) is 3.32. The molecule has 0 unspecified atom stereocenters. The van der Waals surface area contributed by atoms with Crippen molar-refractivity contribution >= 4 is 21.4 Å². The average molecular weight is 433 g/mol. The summed E-state index contributed by atoms with van der Waals surface area (Å²) in [6, 6.07) is 8.42.